The molecule has 1 aliphatic heterocycles. The molecule has 0 aliphatic carbocycles. The van der Waals surface area contributed by atoms with Gasteiger partial charge in [0.25, 0.3) is 0 Å². The number of imidazole rings is 1. The van der Waals surface area contributed by atoms with E-state index >= 15 is 0 Å². The van der Waals surface area contributed by atoms with E-state index in [1.807, 2.05) is 30.5 Å². The number of carbonyl (C=O) groups excluding carboxylic acids is 1. The lowest BCUT2D eigenvalue weighted by atomic mass is 9.95. The number of Topliss-reactive ketones (excluding diaryl/α,β-unsaturated/α-hetero) is 1. The molecule has 1 saturated heterocycles. The number of aromatic amines is 1. The molecule has 2 aromatic carbocycles. The van der Waals surface area contributed by atoms with Gasteiger partial charge in [0.15, 0.2) is 5.78 Å². The van der Waals surface area contributed by atoms with E-state index in [0.29, 0.717) is 12.2 Å². The maximum atomic E-state index is 14.2. The summed E-state index contributed by atoms with van der Waals surface area (Å²) in [5.74, 6) is 0.472. The van der Waals surface area contributed by atoms with Crippen LogP contribution >= 0.6 is 0 Å². The highest BCUT2D eigenvalue weighted by molar-refractivity contribution is 6.00. The highest BCUT2D eigenvalue weighted by Crippen LogP contribution is 2.32. The lowest BCUT2D eigenvalue weighted by molar-refractivity contribution is 0.101. The van der Waals surface area contributed by atoms with Crippen molar-refractivity contribution in [2.75, 3.05) is 18.0 Å². The largest absolute Gasteiger partial charge is 0.370 e. The third-order valence-electron chi connectivity index (χ3n) is 5.17. The second-order valence-corrected chi connectivity index (χ2v) is 7.02. The van der Waals surface area contributed by atoms with E-state index in [9.17, 15) is 9.18 Å². The van der Waals surface area contributed by atoms with Crippen LogP contribution in [0.15, 0.2) is 54.7 Å². The van der Waals surface area contributed by atoms with Crippen LogP contribution in [0.2, 0.25) is 0 Å². The van der Waals surface area contributed by atoms with Crippen molar-refractivity contribution in [3.8, 4) is 11.3 Å². The van der Waals surface area contributed by atoms with E-state index in [0.717, 1.165) is 36.5 Å². The van der Waals surface area contributed by atoms with Crippen LogP contribution in [0.1, 0.15) is 41.9 Å². The second-order valence-electron chi connectivity index (χ2n) is 7.02. The lowest BCUT2D eigenvalue weighted by Crippen LogP contribution is -2.35. The van der Waals surface area contributed by atoms with Crippen molar-refractivity contribution in [3.05, 3.63) is 71.9 Å². The molecular formula is C22H22FN3O. The molecule has 5 heteroatoms. The fourth-order valence-electron chi connectivity index (χ4n) is 3.85. The van der Waals surface area contributed by atoms with Gasteiger partial charge in [-0.2, -0.15) is 0 Å². The highest BCUT2D eigenvalue weighted by Gasteiger charge is 2.26. The minimum atomic E-state index is -0.452. The average molecular weight is 363 g/mol. The van der Waals surface area contributed by atoms with E-state index in [1.54, 1.807) is 6.07 Å². The number of ketones is 1. The van der Waals surface area contributed by atoms with Crippen LogP contribution in [0.4, 0.5) is 10.1 Å². The van der Waals surface area contributed by atoms with E-state index in [-0.39, 0.29) is 17.3 Å². The summed E-state index contributed by atoms with van der Waals surface area (Å²) in [6, 6.07) is 15.0. The predicted octanol–water partition coefficient (Wildman–Crippen LogP) is 4.80. The summed E-state index contributed by atoms with van der Waals surface area (Å²) >= 11 is 0. The van der Waals surface area contributed by atoms with Crippen molar-refractivity contribution >= 4 is 11.5 Å². The Bertz CT molecular complexity index is 951. The van der Waals surface area contributed by atoms with Crippen molar-refractivity contribution in [1.29, 1.82) is 0 Å². The highest BCUT2D eigenvalue weighted by atomic mass is 19.1. The second kappa shape index (κ2) is 7.35. The van der Waals surface area contributed by atoms with Gasteiger partial charge in [-0.3, -0.25) is 4.79 Å². The van der Waals surface area contributed by atoms with Crippen LogP contribution in [0.3, 0.4) is 0 Å². The van der Waals surface area contributed by atoms with Crippen molar-refractivity contribution in [2.45, 2.75) is 25.7 Å². The zero-order valence-corrected chi connectivity index (χ0v) is 15.3. The Morgan fingerprint density at radius 3 is 2.78 bits per heavy atom. The maximum Gasteiger partial charge on any atom is 0.164 e. The van der Waals surface area contributed by atoms with Crippen LogP contribution in [-0.4, -0.2) is 28.8 Å². The third kappa shape index (κ3) is 3.50. The van der Waals surface area contributed by atoms with Gasteiger partial charge < -0.3 is 9.88 Å². The molecule has 0 saturated carbocycles. The van der Waals surface area contributed by atoms with E-state index in [4.69, 9.17) is 0 Å². The summed E-state index contributed by atoms with van der Waals surface area (Å²) in [5.41, 5.74) is 2.97. The number of hydrogen-bond donors (Lipinski definition) is 1. The molecule has 0 radical (unpaired) electrons. The quantitative estimate of drug-likeness (QED) is 0.677. The minimum absolute atomic E-state index is 0.183. The number of piperidine rings is 1. The molecule has 2 heterocycles. The molecule has 1 unspecified atom stereocenters. The first-order valence-electron chi connectivity index (χ1n) is 9.28. The number of carbonyl (C=O) groups is 1. The van der Waals surface area contributed by atoms with Gasteiger partial charge in [-0.05, 0) is 37.5 Å². The Hall–Kier alpha value is -2.95. The molecule has 1 fully saturated rings. The van der Waals surface area contributed by atoms with Gasteiger partial charge in [-0.25, -0.2) is 9.37 Å². The Labute approximate surface area is 158 Å². The van der Waals surface area contributed by atoms with Gasteiger partial charge in [0, 0.05) is 19.0 Å². The van der Waals surface area contributed by atoms with Gasteiger partial charge in [-0.15, -0.1) is 0 Å². The molecule has 4 nitrogen and oxygen atoms in total. The van der Waals surface area contributed by atoms with E-state index in [2.05, 4.69) is 27.0 Å². The number of nitrogens with one attached hydrogen (secondary N) is 1. The molecule has 0 spiro atoms. The number of halogens is 1. The molecule has 1 aromatic heterocycles. The monoisotopic (exact) mass is 363 g/mol. The SMILES string of the molecule is CC(=O)c1c(F)cccc1N1CCCC(c2ncc(-c3ccccc3)[nH]2)C1. The molecule has 3 aromatic rings. The number of benzene rings is 2. The number of rotatable bonds is 4. The summed E-state index contributed by atoms with van der Waals surface area (Å²) in [7, 11) is 0. The average Bonchev–Trinajstić information content (AvgIpc) is 3.18. The smallest absolute Gasteiger partial charge is 0.164 e. The van der Waals surface area contributed by atoms with Crippen LogP contribution < -0.4 is 4.90 Å². The Morgan fingerprint density at radius 1 is 1.19 bits per heavy atom. The van der Waals surface area contributed by atoms with Crippen LogP contribution in [-0.2, 0) is 0 Å². The number of anilines is 1. The Balaban J connectivity index is 1.59. The van der Waals surface area contributed by atoms with Gasteiger partial charge >= 0.3 is 0 Å². The topological polar surface area (TPSA) is 49.0 Å². The zero-order valence-electron chi connectivity index (χ0n) is 15.3. The summed E-state index contributed by atoms with van der Waals surface area (Å²) < 4.78 is 14.2. The Morgan fingerprint density at radius 2 is 2.00 bits per heavy atom. The van der Waals surface area contributed by atoms with Crippen molar-refractivity contribution < 1.29 is 9.18 Å². The first-order valence-corrected chi connectivity index (χ1v) is 9.28. The van der Waals surface area contributed by atoms with Gasteiger partial charge in [0.1, 0.15) is 11.6 Å². The first-order chi connectivity index (χ1) is 13.1. The van der Waals surface area contributed by atoms with Crippen molar-refractivity contribution in [1.82, 2.24) is 9.97 Å². The third-order valence-corrected chi connectivity index (χ3v) is 5.17. The fraction of sp³-hybridized carbons (Fsp3) is 0.273. The first kappa shape index (κ1) is 17.5. The lowest BCUT2D eigenvalue weighted by Gasteiger charge is -2.34. The van der Waals surface area contributed by atoms with E-state index < -0.39 is 5.82 Å². The Kier molecular flexibility index (Phi) is 4.75. The van der Waals surface area contributed by atoms with Gasteiger partial charge in [0.2, 0.25) is 0 Å². The van der Waals surface area contributed by atoms with Crippen molar-refractivity contribution in [2.24, 2.45) is 0 Å². The van der Waals surface area contributed by atoms with E-state index in [1.165, 1.54) is 13.0 Å². The molecule has 0 bridgehead atoms. The predicted molar refractivity (Wildman–Crippen MR) is 105 cm³/mol. The number of hydrogen-bond acceptors (Lipinski definition) is 3. The molecular weight excluding hydrogens is 341 g/mol. The molecule has 1 aliphatic rings. The number of nitrogens with zero attached hydrogens (tertiary/aromatic N) is 2. The summed E-state index contributed by atoms with van der Waals surface area (Å²) in [6.45, 7) is 2.94. The zero-order chi connectivity index (χ0) is 18.8. The van der Waals surface area contributed by atoms with Crippen LogP contribution in [0, 0.1) is 5.82 Å². The van der Waals surface area contributed by atoms with Crippen LogP contribution in [0.25, 0.3) is 11.3 Å². The standard InChI is InChI=1S/C22H22FN3O/c1-15(27)21-18(23)10-5-11-20(21)26-12-6-9-17(14-26)22-24-13-19(25-22)16-7-3-2-4-8-16/h2-5,7-8,10-11,13,17H,6,9,12,14H2,1H3,(H,24,25). The molecule has 27 heavy (non-hydrogen) atoms. The molecule has 4 rings (SSSR count). The summed E-state index contributed by atoms with van der Waals surface area (Å²) in [6.07, 6.45) is 3.86. The van der Waals surface area contributed by atoms with Gasteiger partial charge in [-0.1, -0.05) is 36.4 Å². The normalized spacial score (nSPS) is 17.1. The molecule has 1 N–H and O–H groups in total. The fourth-order valence-corrected chi connectivity index (χ4v) is 3.85. The summed E-state index contributed by atoms with van der Waals surface area (Å²) in [4.78, 5) is 22.1. The maximum absolute atomic E-state index is 14.2. The molecule has 138 valence electrons. The van der Waals surface area contributed by atoms with Crippen molar-refractivity contribution in [3.63, 3.8) is 0 Å². The van der Waals surface area contributed by atoms with Gasteiger partial charge in [0.05, 0.1) is 23.1 Å². The van der Waals surface area contributed by atoms with Crippen LogP contribution in [0.5, 0.6) is 0 Å². The minimum Gasteiger partial charge on any atom is -0.370 e. The molecule has 1 atom stereocenters. The number of H-pyrrole nitrogens is 1. The number of aromatic nitrogens is 2. The summed E-state index contributed by atoms with van der Waals surface area (Å²) in [5, 5.41) is 0. The molecule has 0 amide bonds.